The highest BCUT2D eigenvalue weighted by Gasteiger charge is 2.23. The molecule has 1 aliphatic heterocycles. The van der Waals surface area contributed by atoms with Crippen molar-refractivity contribution in [2.45, 2.75) is 44.6 Å². The van der Waals surface area contributed by atoms with Crippen LogP contribution in [0.25, 0.3) is 0 Å². The summed E-state index contributed by atoms with van der Waals surface area (Å²) in [6.07, 6.45) is -0.412. The van der Waals surface area contributed by atoms with Crippen molar-refractivity contribution in [3.05, 3.63) is 23.8 Å². The van der Waals surface area contributed by atoms with E-state index in [1.165, 1.54) is 0 Å². The van der Waals surface area contributed by atoms with Gasteiger partial charge in [0.15, 0.2) is 11.5 Å². The number of rotatable bonds is 7. The highest BCUT2D eigenvalue weighted by atomic mass is 32.2. The number of aliphatic carboxylic acids is 1. The number of ether oxygens (including phenoxy) is 3. The summed E-state index contributed by atoms with van der Waals surface area (Å²) >= 11 is 1.59. The van der Waals surface area contributed by atoms with Crippen LogP contribution in [0.5, 0.6) is 11.5 Å². The lowest BCUT2D eigenvalue weighted by Gasteiger charge is -2.21. The molecule has 0 saturated heterocycles. The van der Waals surface area contributed by atoms with E-state index in [4.69, 9.17) is 14.2 Å². The lowest BCUT2D eigenvalue weighted by atomic mass is 10.2. The molecule has 25 heavy (non-hydrogen) atoms. The Hall–Kier alpha value is -2.09. The Balaban J connectivity index is 1.76. The molecule has 8 heteroatoms. The van der Waals surface area contributed by atoms with Crippen LogP contribution in [-0.2, 0) is 15.3 Å². The second kappa shape index (κ2) is 8.33. The van der Waals surface area contributed by atoms with Crippen molar-refractivity contribution in [1.29, 1.82) is 0 Å². The second-order valence-corrected chi connectivity index (χ2v) is 7.67. The molecular weight excluding hydrogens is 346 g/mol. The van der Waals surface area contributed by atoms with Gasteiger partial charge in [0.2, 0.25) is 6.79 Å². The minimum Gasteiger partial charge on any atom is -0.480 e. The fraction of sp³-hybridized carbons (Fsp3) is 0.529. The van der Waals surface area contributed by atoms with Crippen LogP contribution in [0, 0.1) is 0 Å². The zero-order valence-corrected chi connectivity index (χ0v) is 15.4. The van der Waals surface area contributed by atoms with Crippen molar-refractivity contribution in [2.75, 3.05) is 12.5 Å². The van der Waals surface area contributed by atoms with Gasteiger partial charge >= 0.3 is 12.1 Å². The summed E-state index contributed by atoms with van der Waals surface area (Å²) in [7, 11) is 0. The Labute approximate surface area is 151 Å². The van der Waals surface area contributed by atoms with Gasteiger partial charge in [0, 0.05) is 5.75 Å². The van der Waals surface area contributed by atoms with E-state index in [0.29, 0.717) is 12.2 Å². The molecule has 1 aliphatic rings. The van der Waals surface area contributed by atoms with E-state index in [1.807, 2.05) is 18.2 Å². The third-order valence-electron chi connectivity index (χ3n) is 3.25. The smallest absolute Gasteiger partial charge is 0.408 e. The number of nitrogens with one attached hydrogen (secondary N) is 1. The average molecular weight is 369 g/mol. The van der Waals surface area contributed by atoms with E-state index in [9.17, 15) is 14.7 Å². The van der Waals surface area contributed by atoms with Crippen LogP contribution in [0.1, 0.15) is 32.8 Å². The number of benzene rings is 1. The first kappa shape index (κ1) is 19.2. The lowest BCUT2D eigenvalue weighted by Crippen LogP contribution is -2.43. The van der Waals surface area contributed by atoms with Crippen molar-refractivity contribution in [3.8, 4) is 11.5 Å². The first-order valence-corrected chi connectivity index (χ1v) is 9.08. The molecule has 0 bridgehead atoms. The van der Waals surface area contributed by atoms with Crippen molar-refractivity contribution in [2.24, 2.45) is 0 Å². The highest BCUT2D eigenvalue weighted by molar-refractivity contribution is 7.98. The van der Waals surface area contributed by atoms with Gasteiger partial charge in [-0.1, -0.05) is 6.07 Å². The molecule has 2 N–H and O–H groups in total. The second-order valence-electron chi connectivity index (χ2n) is 6.57. The number of carboxylic acid groups (broad SMARTS) is 1. The minimum absolute atomic E-state index is 0.239. The van der Waals surface area contributed by atoms with Crippen molar-refractivity contribution < 1.29 is 28.9 Å². The van der Waals surface area contributed by atoms with Crippen LogP contribution >= 0.6 is 11.8 Å². The molecule has 0 aromatic heterocycles. The summed E-state index contributed by atoms with van der Waals surface area (Å²) in [5.74, 6) is 1.69. The van der Waals surface area contributed by atoms with Gasteiger partial charge < -0.3 is 24.6 Å². The largest absolute Gasteiger partial charge is 0.480 e. The summed E-state index contributed by atoms with van der Waals surface area (Å²) < 4.78 is 15.7. The van der Waals surface area contributed by atoms with Crippen molar-refractivity contribution in [3.63, 3.8) is 0 Å². The van der Waals surface area contributed by atoms with Crippen LogP contribution in [0.2, 0.25) is 0 Å². The molecule has 138 valence electrons. The number of hydrogen-bond donors (Lipinski definition) is 2. The number of hydrogen-bond acceptors (Lipinski definition) is 6. The molecule has 0 spiro atoms. The highest BCUT2D eigenvalue weighted by Crippen LogP contribution is 2.33. The van der Waals surface area contributed by atoms with Gasteiger partial charge in [-0.15, -0.1) is 0 Å². The predicted octanol–water partition coefficient (Wildman–Crippen LogP) is 3.02. The van der Waals surface area contributed by atoms with Gasteiger partial charge in [-0.05, 0) is 50.6 Å². The quantitative estimate of drug-likeness (QED) is 0.714. The lowest BCUT2D eigenvalue weighted by molar-refractivity contribution is -0.139. The third-order valence-corrected chi connectivity index (χ3v) is 4.31. The molecule has 1 unspecified atom stereocenters. The maximum atomic E-state index is 11.7. The molecule has 1 heterocycles. The first-order valence-electron chi connectivity index (χ1n) is 7.93. The van der Waals surface area contributed by atoms with E-state index in [2.05, 4.69) is 5.32 Å². The molecule has 1 aromatic rings. The van der Waals surface area contributed by atoms with E-state index in [0.717, 1.165) is 22.8 Å². The van der Waals surface area contributed by atoms with E-state index in [1.54, 1.807) is 32.5 Å². The fourth-order valence-electron chi connectivity index (χ4n) is 2.13. The zero-order chi connectivity index (χ0) is 18.4. The normalized spacial score (nSPS) is 14.0. The third kappa shape index (κ3) is 6.38. The number of amides is 1. The number of thioether (sulfide) groups is 1. The molecule has 0 fully saturated rings. The molecule has 1 atom stereocenters. The summed E-state index contributed by atoms with van der Waals surface area (Å²) in [4.78, 5) is 23.0. The topological polar surface area (TPSA) is 94.1 Å². The Morgan fingerprint density at radius 2 is 2.04 bits per heavy atom. The maximum Gasteiger partial charge on any atom is 0.408 e. The monoisotopic (exact) mass is 369 g/mol. The molecule has 1 amide bonds. The number of fused-ring (bicyclic) bond motifs is 1. The number of carboxylic acids is 1. The molecule has 0 saturated carbocycles. The fourth-order valence-corrected chi connectivity index (χ4v) is 3.09. The SMILES string of the molecule is CC(C)(C)OC(=O)NC(CCSCc1ccc2c(c1)OCO2)C(=O)O. The van der Waals surface area contributed by atoms with Gasteiger partial charge in [0.05, 0.1) is 0 Å². The maximum absolute atomic E-state index is 11.7. The van der Waals surface area contributed by atoms with Crippen molar-refractivity contribution in [1.82, 2.24) is 5.32 Å². The summed E-state index contributed by atoms with van der Waals surface area (Å²) in [6, 6.07) is 4.76. The van der Waals surface area contributed by atoms with E-state index < -0.39 is 23.7 Å². The van der Waals surface area contributed by atoms with Crippen LogP contribution < -0.4 is 14.8 Å². The zero-order valence-electron chi connectivity index (χ0n) is 14.5. The minimum atomic E-state index is -1.07. The Bertz CT molecular complexity index is 628. The number of carbonyl (C=O) groups excluding carboxylic acids is 1. The molecule has 2 rings (SSSR count). The molecule has 7 nitrogen and oxygen atoms in total. The van der Waals surface area contributed by atoms with Gasteiger partial charge in [-0.2, -0.15) is 11.8 Å². The van der Waals surface area contributed by atoms with Gasteiger partial charge in [0.25, 0.3) is 0 Å². The van der Waals surface area contributed by atoms with E-state index in [-0.39, 0.29) is 6.79 Å². The Morgan fingerprint density at radius 3 is 2.72 bits per heavy atom. The molecular formula is C17H23NO6S. The number of carbonyl (C=O) groups is 2. The summed E-state index contributed by atoms with van der Waals surface area (Å²) in [6.45, 7) is 5.42. The van der Waals surface area contributed by atoms with Crippen LogP contribution in [0.4, 0.5) is 4.79 Å². The summed E-state index contributed by atoms with van der Waals surface area (Å²) in [5.41, 5.74) is 0.405. The van der Waals surface area contributed by atoms with E-state index >= 15 is 0 Å². The van der Waals surface area contributed by atoms with Crippen molar-refractivity contribution >= 4 is 23.8 Å². The molecule has 1 aromatic carbocycles. The van der Waals surface area contributed by atoms with Gasteiger partial charge in [-0.25, -0.2) is 9.59 Å². The molecule has 0 aliphatic carbocycles. The first-order chi connectivity index (χ1) is 11.7. The predicted molar refractivity (Wildman–Crippen MR) is 94.1 cm³/mol. The van der Waals surface area contributed by atoms with Crippen LogP contribution in [0.15, 0.2) is 18.2 Å². The van der Waals surface area contributed by atoms with Crippen LogP contribution in [0.3, 0.4) is 0 Å². The Kier molecular flexibility index (Phi) is 6.41. The standard InChI is InChI=1S/C17H23NO6S/c1-17(2,3)24-16(21)18-12(15(19)20)6-7-25-9-11-4-5-13-14(8-11)23-10-22-13/h4-5,8,12H,6-7,9-10H2,1-3H3,(H,18,21)(H,19,20). The van der Waals surface area contributed by atoms with Gasteiger partial charge in [0.1, 0.15) is 11.6 Å². The summed E-state index contributed by atoms with van der Waals surface area (Å²) in [5, 5.41) is 11.6. The van der Waals surface area contributed by atoms with Gasteiger partial charge in [-0.3, -0.25) is 0 Å². The number of alkyl carbamates (subject to hydrolysis) is 1. The van der Waals surface area contributed by atoms with Crippen LogP contribution in [-0.4, -0.2) is 41.4 Å². The Morgan fingerprint density at radius 1 is 1.32 bits per heavy atom. The average Bonchev–Trinajstić information content (AvgIpc) is 2.95. The molecule has 0 radical (unpaired) electrons.